The van der Waals surface area contributed by atoms with Crippen molar-refractivity contribution in [1.29, 1.82) is 0 Å². The molecule has 0 radical (unpaired) electrons. The highest BCUT2D eigenvalue weighted by atomic mass is 35.5. The van der Waals surface area contributed by atoms with Gasteiger partial charge < -0.3 is 16.4 Å². The fourth-order valence-electron chi connectivity index (χ4n) is 4.86. The molecule has 0 aliphatic heterocycles. The number of benzene rings is 2. The summed E-state index contributed by atoms with van der Waals surface area (Å²) in [5.41, 5.74) is 11.4. The lowest BCUT2D eigenvalue weighted by molar-refractivity contribution is -0.127. The molecule has 5 nitrogen and oxygen atoms in total. The van der Waals surface area contributed by atoms with Crippen molar-refractivity contribution >= 4 is 24.2 Å². The SMILES string of the molecule is CC(C)[C@H](N)C(=O)NCC(=O)NCC1CC2c3ccccc3C1c1ccccc12.Cl. The Morgan fingerprint density at radius 3 is 2.03 bits per heavy atom. The van der Waals surface area contributed by atoms with Gasteiger partial charge in [0.25, 0.3) is 0 Å². The second-order valence-corrected chi connectivity index (χ2v) is 8.58. The zero-order valence-corrected chi connectivity index (χ0v) is 18.2. The summed E-state index contributed by atoms with van der Waals surface area (Å²) in [5, 5.41) is 5.67. The molecule has 3 aliphatic rings. The molecule has 2 aromatic carbocycles. The minimum atomic E-state index is -0.593. The monoisotopic (exact) mass is 427 g/mol. The number of fused-ring (bicyclic) bond motifs is 1. The Bertz CT molecular complexity index is 883. The Hall–Kier alpha value is -2.37. The quantitative estimate of drug-likeness (QED) is 0.662. The lowest BCUT2D eigenvalue weighted by Gasteiger charge is -2.45. The number of nitrogens with one attached hydrogen (secondary N) is 2. The van der Waals surface area contributed by atoms with E-state index >= 15 is 0 Å². The van der Waals surface area contributed by atoms with Gasteiger partial charge in [0.15, 0.2) is 0 Å². The summed E-state index contributed by atoms with van der Waals surface area (Å²) < 4.78 is 0. The summed E-state index contributed by atoms with van der Waals surface area (Å²) in [5.74, 6) is 0.625. The van der Waals surface area contributed by atoms with Crippen LogP contribution >= 0.6 is 12.4 Å². The van der Waals surface area contributed by atoms with E-state index in [1.807, 2.05) is 13.8 Å². The molecule has 3 aliphatic carbocycles. The van der Waals surface area contributed by atoms with Crippen LogP contribution in [0.3, 0.4) is 0 Å². The van der Waals surface area contributed by atoms with E-state index in [9.17, 15) is 9.59 Å². The summed E-state index contributed by atoms with van der Waals surface area (Å²) in [4.78, 5) is 24.3. The van der Waals surface area contributed by atoms with Crippen molar-refractivity contribution in [2.45, 2.75) is 38.1 Å². The van der Waals surface area contributed by atoms with Crippen LogP contribution in [-0.2, 0) is 9.59 Å². The smallest absolute Gasteiger partial charge is 0.239 e. The van der Waals surface area contributed by atoms with E-state index in [2.05, 4.69) is 59.2 Å². The van der Waals surface area contributed by atoms with Crippen LogP contribution in [0.4, 0.5) is 0 Å². The fraction of sp³-hybridized carbons (Fsp3) is 0.417. The van der Waals surface area contributed by atoms with Crippen LogP contribution in [0.15, 0.2) is 48.5 Å². The normalized spacial score (nSPS) is 21.8. The molecule has 0 heterocycles. The van der Waals surface area contributed by atoms with Crippen LogP contribution in [0, 0.1) is 11.8 Å². The highest BCUT2D eigenvalue weighted by molar-refractivity contribution is 5.87. The third-order valence-corrected chi connectivity index (χ3v) is 6.43. The lowest BCUT2D eigenvalue weighted by atomic mass is 9.59. The molecular formula is C24H30ClN3O2. The van der Waals surface area contributed by atoms with Gasteiger partial charge in [-0.15, -0.1) is 12.4 Å². The molecule has 2 aromatic rings. The van der Waals surface area contributed by atoms with Crippen molar-refractivity contribution in [3.63, 3.8) is 0 Å². The summed E-state index contributed by atoms with van der Waals surface area (Å²) in [6.07, 6.45) is 1.03. The van der Waals surface area contributed by atoms with Crippen LogP contribution < -0.4 is 16.4 Å². The number of hydrogen-bond donors (Lipinski definition) is 3. The molecule has 2 amide bonds. The van der Waals surface area contributed by atoms with Crippen molar-refractivity contribution in [1.82, 2.24) is 10.6 Å². The zero-order chi connectivity index (χ0) is 20.5. The highest BCUT2D eigenvalue weighted by Crippen LogP contribution is 2.55. The largest absolute Gasteiger partial charge is 0.354 e. The first-order chi connectivity index (χ1) is 14.0. The molecule has 2 atom stereocenters. The van der Waals surface area contributed by atoms with E-state index in [0.29, 0.717) is 24.3 Å². The molecule has 5 rings (SSSR count). The molecule has 160 valence electrons. The number of rotatable bonds is 6. The number of nitrogens with two attached hydrogens (primary N) is 1. The number of amides is 2. The molecule has 0 spiro atoms. The summed E-state index contributed by atoms with van der Waals surface area (Å²) in [6.45, 7) is 4.35. The van der Waals surface area contributed by atoms with Crippen molar-refractivity contribution < 1.29 is 9.59 Å². The van der Waals surface area contributed by atoms with Gasteiger partial charge in [0.2, 0.25) is 11.8 Å². The second-order valence-electron chi connectivity index (χ2n) is 8.58. The molecule has 0 saturated heterocycles. The first-order valence-electron chi connectivity index (χ1n) is 10.4. The number of halogens is 1. The fourth-order valence-corrected chi connectivity index (χ4v) is 4.86. The average molecular weight is 428 g/mol. The summed E-state index contributed by atoms with van der Waals surface area (Å²) in [6, 6.07) is 16.8. The van der Waals surface area contributed by atoms with Crippen LogP contribution in [0.1, 0.15) is 54.4 Å². The van der Waals surface area contributed by atoms with Gasteiger partial charge >= 0.3 is 0 Å². The topological polar surface area (TPSA) is 84.2 Å². The first kappa shape index (κ1) is 22.3. The Balaban J connectivity index is 0.00000256. The highest BCUT2D eigenvalue weighted by Gasteiger charge is 2.42. The van der Waals surface area contributed by atoms with Crippen LogP contribution in [0.2, 0.25) is 0 Å². The van der Waals surface area contributed by atoms with E-state index in [1.165, 1.54) is 22.3 Å². The molecule has 2 bridgehead atoms. The van der Waals surface area contributed by atoms with Gasteiger partial charge in [-0.3, -0.25) is 9.59 Å². The first-order valence-corrected chi connectivity index (χ1v) is 10.4. The zero-order valence-electron chi connectivity index (χ0n) is 17.4. The predicted molar refractivity (Wildman–Crippen MR) is 121 cm³/mol. The Morgan fingerprint density at radius 2 is 1.50 bits per heavy atom. The molecule has 30 heavy (non-hydrogen) atoms. The number of carbonyl (C=O) groups excluding carboxylic acids is 2. The molecule has 0 aromatic heterocycles. The Kier molecular flexibility index (Phi) is 6.84. The minimum Gasteiger partial charge on any atom is -0.354 e. The van der Waals surface area contributed by atoms with E-state index in [0.717, 1.165) is 6.42 Å². The standard InChI is InChI=1S/C24H29N3O2.ClH/c1-14(2)23(25)24(29)27-13-21(28)26-12-15-11-20-16-7-3-5-9-18(16)22(15)19-10-6-4-8-17(19)20;/h3-10,14-15,20,22-23H,11-13,25H2,1-2H3,(H,26,28)(H,27,29);1H/t15?,20?,22?,23-;/m0./s1. The third-order valence-electron chi connectivity index (χ3n) is 6.43. The number of hydrogen-bond acceptors (Lipinski definition) is 3. The third kappa shape index (κ3) is 4.09. The van der Waals surface area contributed by atoms with Gasteiger partial charge in [-0.1, -0.05) is 62.4 Å². The molecule has 0 fully saturated rings. The van der Waals surface area contributed by atoms with Crippen molar-refractivity contribution in [2.75, 3.05) is 13.1 Å². The maximum Gasteiger partial charge on any atom is 0.239 e. The predicted octanol–water partition coefficient (Wildman–Crippen LogP) is 2.92. The van der Waals surface area contributed by atoms with E-state index in [4.69, 9.17) is 5.73 Å². The van der Waals surface area contributed by atoms with Crippen LogP contribution in [-0.4, -0.2) is 30.9 Å². The Morgan fingerprint density at radius 1 is 0.967 bits per heavy atom. The molecule has 4 N–H and O–H groups in total. The van der Waals surface area contributed by atoms with Crippen LogP contribution in [0.25, 0.3) is 0 Å². The number of carbonyl (C=O) groups is 2. The average Bonchev–Trinajstić information content (AvgIpc) is 2.75. The van der Waals surface area contributed by atoms with Gasteiger partial charge in [-0.05, 0) is 40.5 Å². The van der Waals surface area contributed by atoms with E-state index in [1.54, 1.807) is 0 Å². The van der Waals surface area contributed by atoms with Gasteiger partial charge in [-0.25, -0.2) is 0 Å². The van der Waals surface area contributed by atoms with Crippen molar-refractivity contribution in [3.8, 4) is 0 Å². The van der Waals surface area contributed by atoms with Gasteiger partial charge in [0.1, 0.15) is 0 Å². The molecular weight excluding hydrogens is 398 g/mol. The maximum atomic E-state index is 12.3. The minimum absolute atomic E-state index is 0. The van der Waals surface area contributed by atoms with Gasteiger partial charge in [-0.2, -0.15) is 0 Å². The lowest BCUT2D eigenvalue weighted by Crippen LogP contribution is -2.48. The van der Waals surface area contributed by atoms with Crippen molar-refractivity contribution in [2.24, 2.45) is 17.6 Å². The van der Waals surface area contributed by atoms with E-state index in [-0.39, 0.29) is 36.7 Å². The maximum absolute atomic E-state index is 12.3. The second kappa shape index (κ2) is 9.19. The van der Waals surface area contributed by atoms with Crippen LogP contribution in [0.5, 0.6) is 0 Å². The van der Waals surface area contributed by atoms with E-state index < -0.39 is 6.04 Å². The molecule has 6 heteroatoms. The Labute approximate surface area is 184 Å². The molecule has 0 saturated carbocycles. The van der Waals surface area contributed by atoms with Gasteiger partial charge in [0.05, 0.1) is 12.6 Å². The van der Waals surface area contributed by atoms with Gasteiger partial charge in [0, 0.05) is 18.4 Å². The molecule has 1 unspecified atom stereocenters. The summed E-state index contributed by atoms with van der Waals surface area (Å²) in [7, 11) is 0. The van der Waals surface area contributed by atoms with Crippen molar-refractivity contribution in [3.05, 3.63) is 70.8 Å². The summed E-state index contributed by atoms with van der Waals surface area (Å²) >= 11 is 0.